The third kappa shape index (κ3) is 2.88. The maximum atomic E-state index is 10.8. The van der Waals surface area contributed by atoms with Gasteiger partial charge >= 0.3 is 0 Å². The molecule has 3 heteroatoms. The summed E-state index contributed by atoms with van der Waals surface area (Å²) in [5.74, 6) is 0.310. The van der Waals surface area contributed by atoms with Crippen LogP contribution in [0.5, 0.6) is 0 Å². The zero-order valence-corrected chi connectivity index (χ0v) is 8.20. The first-order valence-electron chi connectivity index (χ1n) is 4.21. The van der Waals surface area contributed by atoms with E-state index in [1.165, 1.54) is 19.3 Å². The smallest absolute Gasteiger partial charge is 0.131 e. The van der Waals surface area contributed by atoms with Gasteiger partial charge in [-0.15, -0.1) is 0 Å². The van der Waals surface area contributed by atoms with E-state index in [0.717, 1.165) is 13.0 Å². The minimum absolute atomic E-state index is 0.310. The molecule has 11 heavy (non-hydrogen) atoms. The Kier molecular flexibility index (Phi) is 3.47. The third-order valence-corrected chi connectivity index (χ3v) is 2.88. The summed E-state index contributed by atoms with van der Waals surface area (Å²) in [6.45, 7) is 2.80. The Morgan fingerprint density at radius 3 is 2.91 bits per heavy atom. The van der Waals surface area contributed by atoms with Crippen LogP contribution >= 0.6 is 9.39 Å². The standard InChI is InChI=1S/C8H16NOP/c1-7(10)6-8-4-2-3-5-9(8)11/h8H,2-6,11H2,1H3. The van der Waals surface area contributed by atoms with E-state index < -0.39 is 0 Å². The summed E-state index contributed by atoms with van der Waals surface area (Å²) in [7, 11) is 2.72. The van der Waals surface area contributed by atoms with Crippen molar-refractivity contribution in [3.63, 3.8) is 0 Å². The molecule has 0 amide bonds. The van der Waals surface area contributed by atoms with Crippen LogP contribution in [0.1, 0.15) is 32.6 Å². The Balaban J connectivity index is 2.35. The predicted octanol–water partition coefficient (Wildman–Crippen LogP) is 1.61. The lowest BCUT2D eigenvalue weighted by molar-refractivity contribution is -0.118. The highest BCUT2D eigenvalue weighted by Gasteiger charge is 2.19. The summed E-state index contributed by atoms with van der Waals surface area (Å²) in [5, 5.41) is 0. The molecular formula is C8H16NOP. The van der Waals surface area contributed by atoms with E-state index in [9.17, 15) is 4.79 Å². The number of hydrogen-bond donors (Lipinski definition) is 0. The van der Waals surface area contributed by atoms with Crippen molar-refractivity contribution in [1.29, 1.82) is 0 Å². The first kappa shape index (κ1) is 9.15. The van der Waals surface area contributed by atoms with Crippen molar-refractivity contribution in [2.45, 2.75) is 38.6 Å². The molecule has 0 bridgehead atoms. The summed E-state index contributed by atoms with van der Waals surface area (Å²) in [6.07, 6.45) is 4.47. The van der Waals surface area contributed by atoms with Crippen LogP contribution in [0.4, 0.5) is 0 Å². The molecule has 1 aliphatic heterocycles. The van der Waals surface area contributed by atoms with Gasteiger partial charge in [-0.1, -0.05) is 15.8 Å². The molecule has 0 radical (unpaired) electrons. The van der Waals surface area contributed by atoms with Crippen LogP contribution in [-0.4, -0.2) is 23.0 Å². The molecule has 1 heterocycles. The maximum Gasteiger partial charge on any atom is 0.131 e. The lowest BCUT2D eigenvalue weighted by atomic mass is 10.0. The Hall–Kier alpha value is 0.0600. The highest BCUT2D eigenvalue weighted by Crippen LogP contribution is 2.22. The fourth-order valence-electron chi connectivity index (χ4n) is 1.57. The zero-order valence-electron chi connectivity index (χ0n) is 7.05. The van der Waals surface area contributed by atoms with Crippen LogP contribution in [0, 0.1) is 0 Å². The Labute approximate surface area is 70.6 Å². The summed E-state index contributed by atoms with van der Waals surface area (Å²) in [4.78, 5) is 10.8. The number of hydrogen-bond acceptors (Lipinski definition) is 2. The monoisotopic (exact) mass is 173 g/mol. The van der Waals surface area contributed by atoms with Crippen molar-refractivity contribution in [3.8, 4) is 0 Å². The van der Waals surface area contributed by atoms with Gasteiger partial charge in [0, 0.05) is 19.0 Å². The molecular weight excluding hydrogens is 157 g/mol. The van der Waals surface area contributed by atoms with Crippen LogP contribution in [0.2, 0.25) is 0 Å². The van der Waals surface area contributed by atoms with E-state index >= 15 is 0 Å². The molecule has 0 aliphatic carbocycles. The summed E-state index contributed by atoms with van der Waals surface area (Å²) < 4.78 is 2.23. The van der Waals surface area contributed by atoms with Gasteiger partial charge in [-0.25, -0.2) is 0 Å². The molecule has 0 spiro atoms. The molecule has 0 saturated carbocycles. The molecule has 2 atom stereocenters. The minimum atomic E-state index is 0.310. The van der Waals surface area contributed by atoms with Gasteiger partial charge < -0.3 is 0 Å². The second kappa shape index (κ2) is 4.18. The summed E-state index contributed by atoms with van der Waals surface area (Å²) in [5.41, 5.74) is 0. The number of rotatable bonds is 2. The zero-order chi connectivity index (χ0) is 8.27. The predicted molar refractivity (Wildman–Crippen MR) is 49.4 cm³/mol. The molecule has 64 valence electrons. The molecule has 1 rings (SSSR count). The van der Waals surface area contributed by atoms with E-state index in [1.54, 1.807) is 6.92 Å². The Morgan fingerprint density at radius 1 is 1.64 bits per heavy atom. The van der Waals surface area contributed by atoms with Crippen LogP contribution in [-0.2, 0) is 4.79 Å². The lowest BCUT2D eigenvalue weighted by Gasteiger charge is -2.31. The van der Waals surface area contributed by atoms with Gasteiger partial charge in [-0.3, -0.25) is 9.46 Å². The molecule has 2 nitrogen and oxygen atoms in total. The van der Waals surface area contributed by atoms with E-state index in [-0.39, 0.29) is 0 Å². The van der Waals surface area contributed by atoms with Crippen molar-refractivity contribution in [3.05, 3.63) is 0 Å². The largest absolute Gasteiger partial charge is 0.300 e. The average molecular weight is 173 g/mol. The molecule has 0 N–H and O–H groups in total. The van der Waals surface area contributed by atoms with Gasteiger partial charge in [-0.05, 0) is 19.8 Å². The second-order valence-electron chi connectivity index (χ2n) is 3.29. The van der Waals surface area contributed by atoms with Crippen molar-refractivity contribution < 1.29 is 4.79 Å². The minimum Gasteiger partial charge on any atom is -0.300 e. The van der Waals surface area contributed by atoms with Crippen LogP contribution < -0.4 is 0 Å². The lowest BCUT2D eigenvalue weighted by Crippen LogP contribution is -2.33. The van der Waals surface area contributed by atoms with Gasteiger partial charge in [0.25, 0.3) is 0 Å². The fraction of sp³-hybridized carbons (Fsp3) is 0.875. The number of Topliss-reactive ketones (excluding diaryl/α,β-unsaturated/α-hetero) is 1. The first-order chi connectivity index (χ1) is 5.20. The number of piperidine rings is 1. The topological polar surface area (TPSA) is 20.3 Å². The van der Waals surface area contributed by atoms with Crippen LogP contribution in [0.25, 0.3) is 0 Å². The number of carbonyl (C=O) groups is 1. The van der Waals surface area contributed by atoms with Gasteiger partial charge in [0.15, 0.2) is 0 Å². The quantitative estimate of drug-likeness (QED) is 0.591. The molecule has 1 aliphatic rings. The van der Waals surface area contributed by atoms with Gasteiger partial charge in [0.05, 0.1) is 0 Å². The van der Waals surface area contributed by atoms with Crippen molar-refractivity contribution in [2.24, 2.45) is 0 Å². The molecule has 0 aromatic rings. The van der Waals surface area contributed by atoms with E-state index in [2.05, 4.69) is 14.1 Å². The molecule has 1 fully saturated rings. The SMILES string of the molecule is CC(=O)CC1CCCCN1P. The normalized spacial score (nSPS) is 26.9. The van der Waals surface area contributed by atoms with Crippen LogP contribution in [0.3, 0.4) is 0 Å². The number of carbonyl (C=O) groups excluding carboxylic acids is 1. The summed E-state index contributed by atoms with van der Waals surface area (Å²) >= 11 is 0. The van der Waals surface area contributed by atoms with Gasteiger partial charge in [0.1, 0.15) is 5.78 Å². The van der Waals surface area contributed by atoms with E-state index in [0.29, 0.717) is 11.8 Å². The van der Waals surface area contributed by atoms with Crippen molar-refractivity contribution in [2.75, 3.05) is 6.54 Å². The van der Waals surface area contributed by atoms with E-state index in [1.807, 2.05) is 0 Å². The third-order valence-electron chi connectivity index (χ3n) is 2.20. The second-order valence-corrected chi connectivity index (χ2v) is 3.96. The highest BCUT2D eigenvalue weighted by molar-refractivity contribution is 7.13. The fourth-order valence-corrected chi connectivity index (χ4v) is 2.01. The van der Waals surface area contributed by atoms with Crippen LogP contribution in [0.15, 0.2) is 0 Å². The molecule has 2 unspecified atom stereocenters. The Morgan fingerprint density at radius 2 is 2.36 bits per heavy atom. The van der Waals surface area contributed by atoms with E-state index in [4.69, 9.17) is 0 Å². The molecule has 0 aromatic heterocycles. The van der Waals surface area contributed by atoms with Crippen molar-refractivity contribution in [1.82, 2.24) is 4.67 Å². The molecule has 0 aromatic carbocycles. The highest BCUT2D eigenvalue weighted by atomic mass is 31.0. The number of ketones is 1. The molecule has 1 saturated heterocycles. The maximum absolute atomic E-state index is 10.8. The van der Waals surface area contributed by atoms with Crippen molar-refractivity contribution >= 4 is 15.2 Å². The summed E-state index contributed by atoms with van der Waals surface area (Å²) in [6, 6.07) is 0.492. The Bertz CT molecular complexity index is 149. The number of nitrogens with zero attached hydrogens (tertiary/aromatic N) is 1. The average Bonchev–Trinajstić information content (AvgIpc) is 1.93. The van der Waals surface area contributed by atoms with Gasteiger partial charge in [-0.2, -0.15) is 0 Å². The van der Waals surface area contributed by atoms with Gasteiger partial charge in [0.2, 0.25) is 0 Å². The first-order valence-corrected chi connectivity index (χ1v) is 4.72.